The van der Waals surface area contributed by atoms with Gasteiger partial charge in [0.25, 0.3) is 0 Å². The fourth-order valence-electron chi connectivity index (χ4n) is 5.38. The van der Waals surface area contributed by atoms with Crippen molar-refractivity contribution in [3.8, 4) is 11.5 Å². The van der Waals surface area contributed by atoms with Crippen LogP contribution in [0.5, 0.6) is 11.5 Å². The van der Waals surface area contributed by atoms with Gasteiger partial charge in [-0.05, 0) is 132 Å². The fraction of sp³-hybridized carbons (Fsp3) is 0.417. The standard InChI is InChI=1S/2C24H33NOS3.Ni/c2*1-16(2)13-14-26-22-12-7-18(17(3)4)15-21(22)23(27)24(28)29-20-10-8-19(9-11-20)25(5)6;/h2*7-12,15-17,27-28H,13-14H2,1-6H3;/p-4/b2*24-23+;. The second-order valence-corrected chi connectivity index (χ2v) is 20.4. The van der Waals surface area contributed by atoms with Crippen molar-refractivity contribution in [1.82, 2.24) is 0 Å². The number of benzene rings is 4. The molecule has 0 saturated carbocycles. The minimum absolute atomic E-state index is 0. The molecule has 326 valence electrons. The minimum Gasteiger partial charge on any atom is -0.780 e. The quantitative estimate of drug-likeness (QED) is 0.0545. The van der Waals surface area contributed by atoms with Gasteiger partial charge in [-0.3, -0.25) is 0 Å². The van der Waals surface area contributed by atoms with E-state index in [1.807, 2.05) is 40.3 Å². The molecule has 0 spiro atoms. The zero-order valence-corrected chi connectivity index (χ0v) is 42.6. The molecular weight excluding hydrogens is 888 g/mol. The summed E-state index contributed by atoms with van der Waals surface area (Å²) in [5.74, 6) is 3.68. The fourth-order valence-corrected chi connectivity index (χ4v) is 8.12. The molecule has 0 N–H and O–H groups in total. The van der Waals surface area contributed by atoms with Gasteiger partial charge in [0, 0.05) is 65.8 Å². The van der Waals surface area contributed by atoms with Crippen molar-refractivity contribution in [1.29, 1.82) is 0 Å². The molecule has 11 heteroatoms. The largest absolute Gasteiger partial charge is 0.780 e. The average molecular weight is 950 g/mol. The SMILES string of the molecule is CC(C)CCOc1ccc(C(C)C)cc1/C([S-])=C(/[S-])Sc1ccc(N(C)C)cc1.CC(C)CCOc1ccc(C(C)C)cc1/C([S-])=C(/[S-])Sc1ccc(N(C)C)cc1.[Ni]. The van der Waals surface area contributed by atoms with Crippen molar-refractivity contribution in [3.63, 3.8) is 0 Å². The number of hydrogen-bond donors (Lipinski definition) is 0. The molecule has 59 heavy (non-hydrogen) atoms. The van der Waals surface area contributed by atoms with Gasteiger partial charge in [-0.25, -0.2) is 0 Å². The maximum absolute atomic E-state index is 6.08. The van der Waals surface area contributed by atoms with Crippen LogP contribution in [0, 0.1) is 11.8 Å². The van der Waals surface area contributed by atoms with E-state index in [4.69, 9.17) is 60.0 Å². The Morgan fingerprint density at radius 2 is 0.831 bits per heavy atom. The van der Waals surface area contributed by atoms with E-state index in [0.29, 0.717) is 55.2 Å². The van der Waals surface area contributed by atoms with E-state index in [0.717, 1.165) is 56.6 Å². The molecule has 0 saturated heterocycles. The first-order valence-electron chi connectivity index (χ1n) is 20.0. The molecule has 0 bridgehead atoms. The minimum atomic E-state index is 0. The molecule has 0 aliphatic rings. The molecule has 0 aliphatic heterocycles. The zero-order valence-electron chi connectivity index (χ0n) is 36.7. The van der Waals surface area contributed by atoms with Crippen LogP contribution in [0.2, 0.25) is 0 Å². The first-order valence-corrected chi connectivity index (χ1v) is 23.3. The molecule has 4 aromatic carbocycles. The number of rotatable bonds is 18. The van der Waals surface area contributed by atoms with Crippen LogP contribution < -0.4 is 19.3 Å². The van der Waals surface area contributed by atoms with Crippen LogP contribution in [0.15, 0.2) is 103 Å². The molecule has 0 atom stereocenters. The van der Waals surface area contributed by atoms with Crippen LogP contribution in [-0.2, 0) is 67.0 Å². The second kappa shape index (κ2) is 26.2. The Bertz CT molecular complexity index is 1800. The zero-order chi connectivity index (χ0) is 43.1. The van der Waals surface area contributed by atoms with Crippen molar-refractivity contribution in [3.05, 3.63) is 116 Å². The van der Waals surface area contributed by atoms with Crippen molar-refractivity contribution in [2.45, 2.75) is 89.9 Å². The molecule has 0 radical (unpaired) electrons. The van der Waals surface area contributed by atoms with Crippen LogP contribution in [0.4, 0.5) is 11.4 Å². The Kier molecular flexibility index (Phi) is 23.4. The molecule has 4 aromatic rings. The summed E-state index contributed by atoms with van der Waals surface area (Å²) in [7, 11) is 8.13. The maximum atomic E-state index is 6.08. The summed E-state index contributed by atoms with van der Waals surface area (Å²) in [6.45, 7) is 18.9. The van der Waals surface area contributed by atoms with Crippen LogP contribution in [-0.4, -0.2) is 41.4 Å². The molecule has 0 aromatic heterocycles. The van der Waals surface area contributed by atoms with E-state index in [1.54, 1.807) is 0 Å². The molecular formula is C48H62N2NiO2S6-4. The third-order valence-corrected chi connectivity index (χ3v) is 13.3. The van der Waals surface area contributed by atoms with Gasteiger partial charge in [0.2, 0.25) is 0 Å². The molecule has 0 amide bonds. The Morgan fingerprint density at radius 1 is 0.508 bits per heavy atom. The van der Waals surface area contributed by atoms with E-state index in [-0.39, 0.29) is 16.5 Å². The van der Waals surface area contributed by atoms with Gasteiger partial charge < -0.3 is 69.8 Å². The molecule has 4 nitrogen and oxygen atoms in total. The predicted molar refractivity (Wildman–Crippen MR) is 268 cm³/mol. The molecule has 0 aliphatic carbocycles. The Morgan fingerprint density at radius 3 is 1.10 bits per heavy atom. The third kappa shape index (κ3) is 17.5. The number of nitrogens with zero attached hydrogens (tertiary/aromatic N) is 2. The van der Waals surface area contributed by atoms with E-state index < -0.39 is 0 Å². The van der Waals surface area contributed by atoms with E-state index in [9.17, 15) is 0 Å². The van der Waals surface area contributed by atoms with Crippen LogP contribution in [0.25, 0.3) is 9.81 Å². The van der Waals surface area contributed by atoms with Crippen LogP contribution >= 0.6 is 23.5 Å². The van der Waals surface area contributed by atoms with Gasteiger partial charge in [-0.15, -0.1) is 23.5 Å². The normalized spacial score (nSPS) is 12.1. The molecule has 0 heterocycles. The summed E-state index contributed by atoms with van der Waals surface area (Å²) in [6, 6.07) is 29.3. The summed E-state index contributed by atoms with van der Waals surface area (Å²) in [6.07, 6.45) is 2.02. The van der Waals surface area contributed by atoms with Gasteiger partial charge >= 0.3 is 0 Å². The predicted octanol–water partition coefficient (Wildman–Crippen LogP) is 13.6. The summed E-state index contributed by atoms with van der Waals surface area (Å²) < 4.78 is 13.6. The van der Waals surface area contributed by atoms with Crippen molar-refractivity contribution in [2.24, 2.45) is 11.8 Å². The van der Waals surface area contributed by atoms with Crippen LogP contribution in [0.1, 0.15) is 102 Å². The van der Waals surface area contributed by atoms with Crippen molar-refractivity contribution >= 4 is 95.2 Å². The first-order chi connectivity index (χ1) is 27.4. The van der Waals surface area contributed by atoms with E-state index >= 15 is 0 Å². The van der Waals surface area contributed by atoms with Crippen LogP contribution in [0.3, 0.4) is 0 Å². The number of anilines is 2. The smallest absolute Gasteiger partial charge is 0.124 e. The average Bonchev–Trinajstić information content (AvgIpc) is 3.17. The van der Waals surface area contributed by atoms with Gasteiger partial charge in [-0.1, -0.05) is 67.5 Å². The Balaban J connectivity index is 0.000000400. The van der Waals surface area contributed by atoms with E-state index in [1.165, 1.54) is 34.7 Å². The Hall–Kier alpha value is -2.37. The second-order valence-electron chi connectivity index (χ2n) is 16.1. The molecule has 0 unspecified atom stereocenters. The number of thioether (sulfide) groups is 2. The number of hydrogen-bond acceptors (Lipinski definition) is 10. The summed E-state index contributed by atoms with van der Waals surface area (Å²) in [5.41, 5.74) is 6.65. The van der Waals surface area contributed by atoms with E-state index in [2.05, 4.69) is 138 Å². The number of ether oxygens (including phenoxy) is 2. The monoisotopic (exact) mass is 948 g/mol. The molecule has 4 rings (SSSR count). The van der Waals surface area contributed by atoms with Gasteiger partial charge in [0.1, 0.15) is 11.5 Å². The summed E-state index contributed by atoms with van der Waals surface area (Å²) >= 11 is 26.1. The van der Waals surface area contributed by atoms with Gasteiger partial charge in [-0.2, -0.15) is 18.3 Å². The summed E-state index contributed by atoms with van der Waals surface area (Å²) in [5, 5.41) is 0. The summed E-state index contributed by atoms with van der Waals surface area (Å²) in [4.78, 5) is 7.70. The van der Waals surface area contributed by atoms with Crippen molar-refractivity contribution < 1.29 is 26.0 Å². The Labute approximate surface area is 398 Å². The van der Waals surface area contributed by atoms with Gasteiger partial charge in [0.15, 0.2) is 0 Å². The first kappa shape index (κ1) is 52.8. The third-order valence-electron chi connectivity index (χ3n) is 9.23. The van der Waals surface area contributed by atoms with Crippen molar-refractivity contribution in [2.75, 3.05) is 51.2 Å². The molecule has 0 fully saturated rings. The maximum Gasteiger partial charge on any atom is 0.124 e. The van der Waals surface area contributed by atoms with Gasteiger partial charge in [0.05, 0.1) is 13.2 Å². The topological polar surface area (TPSA) is 24.9 Å².